The van der Waals surface area contributed by atoms with E-state index < -0.39 is 0 Å². The Morgan fingerprint density at radius 3 is 2.24 bits per heavy atom. The number of rotatable bonds is 4. The second kappa shape index (κ2) is 5.53. The maximum absolute atomic E-state index is 6.54. The van der Waals surface area contributed by atoms with Crippen LogP contribution in [0.4, 0.5) is 0 Å². The molecule has 4 bridgehead atoms. The number of likely N-dealkylation sites (tertiary alicyclic amines) is 1. The van der Waals surface area contributed by atoms with Crippen LogP contribution in [0.1, 0.15) is 71.1 Å². The van der Waals surface area contributed by atoms with Crippen molar-refractivity contribution in [1.29, 1.82) is 0 Å². The number of hydrogen-bond donors (Lipinski definition) is 1. The number of nitrogens with two attached hydrogens (primary N) is 1. The predicted octanol–water partition coefficient (Wildman–Crippen LogP) is 3.79. The summed E-state index contributed by atoms with van der Waals surface area (Å²) in [6.07, 6.45) is 14.6. The lowest BCUT2D eigenvalue weighted by atomic mass is 9.47. The van der Waals surface area contributed by atoms with Crippen LogP contribution >= 0.6 is 0 Å². The minimum Gasteiger partial charge on any atom is -0.329 e. The summed E-state index contributed by atoms with van der Waals surface area (Å²) in [7, 11) is 0. The van der Waals surface area contributed by atoms with Gasteiger partial charge in [0, 0.05) is 18.1 Å². The minimum absolute atomic E-state index is 0.397. The van der Waals surface area contributed by atoms with Gasteiger partial charge in [-0.15, -0.1) is 0 Å². The van der Waals surface area contributed by atoms with Gasteiger partial charge in [0.1, 0.15) is 0 Å². The summed E-state index contributed by atoms with van der Waals surface area (Å²) < 4.78 is 0. The molecule has 21 heavy (non-hydrogen) atoms. The number of hydrogen-bond acceptors (Lipinski definition) is 2. The highest BCUT2D eigenvalue weighted by Gasteiger charge is 2.59. The molecule has 2 nitrogen and oxygen atoms in total. The van der Waals surface area contributed by atoms with Crippen LogP contribution in [0.3, 0.4) is 0 Å². The predicted molar refractivity (Wildman–Crippen MR) is 88.1 cm³/mol. The highest BCUT2D eigenvalue weighted by atomic mass is 15.3. The van der Waals surface area contributed by atoms with Crippen molar-refractivity contribution in [3.63, 3.8) is 0 Å². The molecule has 0 amide bonds. The zero-order valence-electron chi connectivity index (χ0n) is 13.9. The van der Waals surface area contributed by atoms with Gasteiger partial charge in [-0.25, -0.2) is 0 Å². The van der Waals surface area contributed by atoms with E-state index in [0.717, 1.165) is 36.3 Å². The van der Waals surface area contributed by atoms with Crippen molar-refractivity contribution in [2.45, 2.75) is 82.7 Å². The monoisotopic (exact) mass is 290 g/mol. The van der Waals surface area contributed by atoms with E-state index in [-0.39, 0.29) is 0 Å². The Morgan fingerprint density at radius 1 is 1.00 bits per heavy atom. The Bertz CT molecular complexity index is 348. The van der Waals surface area contributed by atoms with Gasteiger partial charge in [0.15, 0.2) is 0 Å². The lowest BCUT2D eigenvalue weighted by Gasteiger charge is -2.66. The molecule has 4 saturated carbocycles. The van der Waals surface area contributed by atoms with Crippen molar-refractivity contribution in [1.82, 2.24) is 4.90 Å². The minimum atomic E-state index is 0.397. The molecule has 1 heterocycles. The van der Waals surface area contributed by atoms with Crippen LogP contribution in [0.15, 0.2) is 0 Å². The number of piperidine rings is 1. The summed E-state index contributed by atoms with van der Waals surface area (Å²) >= 11 is 0. The Labute approximate surface area is 130 Å². The van der Waals surface area contributed by atoms with Gasteiger partial charge in [-0.1, -0.05) is 19.8 Å². The zero-order chi connectivity index (χ0) is 14.4. The van der Waals surface area contributed by atoms with E-state index in [1.54, 1.807) is 6.42 Å². The van der Waals surface area contributed by atoms with E-state index in [1.165, 1.54) is 64.3 Å². The molecule has 5 rings (SSSR count). The van der Waals surface area contributed by atoms with Gasteiger partial charge in [-0.3, -0.25) is 4.90 Å². The van der Waals surface area contributed by atoms with E-state index >= 15 is 0 Å². The summed E-state index contributed by atoms with van der Waals surface area (Å²) in [5, 5.41) is 0. The molecular weight excluding hydrogens is 256 g/mol. The third-order valence-electron chi connectivity index (χ3n) is 7.66. The average molecular weight is 290 g/mol. The largest absolute Gasteiger partial charge is 0.329 e. The highest BCUT2D eigenvalue weighted by molar-refractivity contribution is 5.13. The molecule has 1 unspecified atom stereocenters. The molecule has 5 fully saturated rings. The lowest BCUT2D eigenvalue weighted by molar-refractivity contribution is -0.151. The van der Waals surface area contributed by atoms with E-state index in [0.29, 0.717) is 5.54 Å². The first kappa shape index (κ1) is 14.5. The Morgan fingerprint density at radius 2 is 1.67 bits per heavy atom. The molecule has 2 heteroatoms. The van der Waals surface area contributed by atoms with Gasteiger partial charge >= 0.3 is 0 Å². The van der Waals surface area contributed by atoms with Crippen molar-refractivity contribution >= 4 is 0 Å². The van der Waals surface area contributed by atoms with Crippen LogP contribution in [-0.4, -0.2) is 29.6 Å². The molecule has 0 aromatic rings. The molecule has 1 saturated heterocycles. The van der Waals surface area contributed by atoms with Crippen molar-refractivity contribution in [3.05, 3.63) is 0 Å². The molecular formula is C19H34N2. The third kappa shape index (κ3) is 2.12. The van der Waals surface area contributed by atoms with Gasteiger partial charge < -0.3 is 5.73 Å². The maximum atomic E-state index is 6.54. The first-order valence-electron chi connectivity index (χ1n) is 9.74. The summed E-state index contributed by atoms with van der Waals surface area (Å²) in [6.45, 7) is 4.63. The molecule has 0 radical (unpaired) electrons. The Hall–Kier alpha value is -0.0800. The van der Waals surface area contributed by atoms with E-state index in [9.17, 15) is 0 Å². The summed E-state index contributed by atoms with van der Waals surface area (Å²) in [6, 6.07) is 0.838. The highest BCUT2D eigenvalue weighted by Crippen LogP contribution is 2.60. The lowest BCUT2D eigenvalue weighted by Crippen LogP contribution is -2.71. The van der Waals surface area contributed by atoms with Gasteiger partial charge in [0.2, 0.25) is 0 Å². The molecule has 120 valence electrons. The Balaban J connectivity index is 1.65. The summed E-state index contributed by atoms with van der Waals surface area (Å²) in [4.78, 5) is 2.98. The molecule has 2 N–H and O–H groups in total. The zero-order valence-corrected chi connectivity index (χ0v) is 13.9. The van der Waals surface area contributed by atoms with Crippen molar-refractivity contribution < 1.29 is 0 Å². The van der Waals surface area contributed by atoms with Crippen molar-refractivity contribution in [2.75, 3.05) is 13.1 Å². The van der Waals surface area contributed by atoms with Crippen molar-refractivity contribution in [2.24, 2.45) is 29.4 Å². The van der Waals surface area contributed by atoms with Crippen LogP contribution < -0.4 is 5.73 Å². The van der Waals surface area contributed by atoms with Crippen LogP contribution in [0.5, 0.6) is 0 Å². The SMILES string of the molecule is CCCC1CCCCN1C1(CN)C2CC3CC(C2)CC1C3. The van der Waals surface area contributed by atoms with Crippen LogP contribution in [0.25, 0.3) is 0 Å². The standard InChI is InChI=1S/C19H34N2/c1-2-5-18-6-3-4-7-21(18)19(13-20)16-9-14-8-15(11-16)12-17(19)10-14/h14-18H,2-13,20H2,1H3. The normalized spacial score (nSPS) is 49.7. The summed E-state index contributed by atoms with van der Waals surface area (Å²) in [5.41, 5.74) is 6.93. The third-order valence-corrected chi connectivity index (χ3v) is 7.66. The first-order chi connectivity index (χ1) is 10.3. The molecule has 4 aliphatic carbocycles. The van der Waals surface area contributed by atoms with Crippen LogP contribution in [0, 0.1) is 23.7 Å². The van der Waals surface area contributed by atoms with Gasteiger partial charge in [-0.2, -0.15) is 0 Å². The summed E-state index contributed by atoms with van der Waals surface area (Å²) in [5.74, 6) is 3.97. The quantitative estimate of drug-likeness (QED) is 0.853. The molecule has 0 spiro atoms. The fraction of sp³-hybridized carbons (Fsp3) is 1.00. The maximum Gasteiger partial charge on any atom is 0.0391 e. The van der Waals surface area contributed by atoms with E-state index in [1.807, 2.05) is 0 Å². The molecule has 1 atom stereocenters. The van der Waals surface area contributed by atoms with E-state index in [2.05, 4.69) is 11.8 Å². The fourth-order valence-electron chi connectivity index (χ4n) is 7.10. The molecule has 1 aliphatic heterocycles. The smallest absolute Gasteiger partial charge is 0.0391 e. The average Bonchev–Trinajstić information content (AvgIpc) is 2.49. The first-order valence-corrected chi connectivity index (χ1v) is 9.74. The molecule has 0 aromatic carbocycles. The number of nitrogens with zero attached hydrogens (tertiary/aromatic N) is 1. The second-order valence-corrected chi connectivity index (χ2v) is 8.63. The van der Waals surface area contributed by atoms with Crippen LogP contribution in [0.2, 0.25) is 0 Å². The molecule has 5 aliphatic rings. The van der Waals surface area contributed by atoms with Gasteiger partial charge in [0.25, 0.3) is 0 Å². The Kier molecular flexibility index (Phi) is 3.82. The molecule has 0 aromatic heterocycles. The topological polar surface area (TPSA) is 29.3 Å². The van der Waals surface area contributed by atoms with Crippen molar-refractivity contribution in [3.8, 4) is 0 Å². The van der Waals surface area contributed by atoms with Crippen LogP contribution in [-0.2, 0) is 0 Å². The fourth-order valence-corrected chi connectivity index (χ4v) is 7.10. The van der Waals surface area contributed by atoms with E-state index in [4.69, 9.17) is 5.73 Å². The van der Waals surface area contributed by atoms with Gasteiger partial charge in [-0.05, 0) is 81.6 Å². The van der Waals surface area contributed by atoms with Gasteiger partial charge in [0.05, 0.1) is 0 Å². The second-order valence-electron chi connectivity index (χ2n) is 8.63.